The minimum absolute atomic E-state index is 0.0560. The Morgan fingerprint density at radius 3 is 2.33 bits per heavy atom. The van der Waals surface area contributed by atoms with E-state index >= 15 is 0 Å². The van der Waals surface area contributed by atoms with Gasteiger partial charge in [0.05, 0.1) is 7.11 Å². The zero-order valence-corrected chi connectivity index (χ0v) is 15.0. The number of carbonyl (C=O) groups excluding carboxylic acids is 2. The number of rotatable bonds is 4. The summed E-state index contributed by atoms with van der Waals surface area (Å²) in [5.74, 6) is 2.70. The molecule has 0 aromatic carbocycles. The van der Waals surface area contributed by atoms with E-state index < -0.39 is 20.1 Å². The van der Waals surface area contributed by atoms with Gasteiger partial charge in [-0.3, -0.25) is 4.79 Å². The van der Waals surface area contributed by atoms with Gasteiger partial charge in [-0.15, -0.1) is 11.5 Å². The number of hydrogen-bond donors (Lipinski definition) is 1. The van der Waals surface area contributed by atoms with Crippen LogP contribution in [-0.4, -0.2) is 33.1 Å². The minimum Gasteiger partial charge on any atom is -0.467 e. The highest BCUT2D eigenvalue weighted by atomic mass is 28.3. The van der Waals surface area contributed by atoms with E-state index in [1.54, 1.807) is 0 Å². The molecule has 1 N–H and O–H groups in total. The zero-order chi connectivity index (χ0) is 16.3. The molecule has 0 bridgehead atoms. The monoisotopic (exact) mass is 309 g/mol. The van der Waals surface area contributed by atoms with E-state index in [-0.39, 0.29) is 16.9 Å². The predicted molar refractivity (Wildman–Crippen MR) is 86.3 cm³/mol. The Balaban J connectivity index is 2.69. The van der Waals surface area contributed by atoms with Gasteiger partial charge in [0, 0.05) is 12.3 Å². The fourth-order valence-corrected chi connectivity index (χ4v) is 2.45. The molecule has 1 aliphatic carbocycles. The normalized spacial score (nSPS) is 16.5. The van der Waals surface area contributed by atoms with E-state index in [4.69, 9.17) is 4.74 Å². The van der Waals surface area contributed by atoms with Crippen LogP contribution >= 0.6 is 0 Å². The van der Waals surface area contributed by atoms with E-state index in [1.165, 1.54) is 7.11 Å². The van der Waals surface area contributed by atoms with Crippen molar-refractivity contribution in [2.45, 2.75) is 64.2 Å². The molecule has 0 spiro atoms. The number of amides is 1. The van der Waals surface area contributed by atoms with E-state index in [2.05, 4.69) is 50.6 Å². The maximum Gasteiger partial charge on any atom is 0.329 e. The maximum atomic E-state index is 11.8. The van der Waals surface area contributed by atoms with E-state index in [0.29, 0.717) is 6.42 Å². The van der Waals surface area contributed by atoms with Gasteiger partial charge in [0.2, 0.25) is 5.91 Å². The van der Waals surface area contributed by atoms with Crippen LogP contribution < -0.4 is 5.32 Å². The second-order valence-electron chi connectivity index (χ2n) is 7.24. The Kier molecular flexibility index (Phi) is 5.63. The first kappa shape index (κ1) is 17.8. The standard InChI is InChI=1S/C16H27NO3Si/c1-16(2,3)21(5,6)11-7-8-13(15(19)20-4)17-14(18)12-9-10-12/h12-13H,8-10H2,1-6H3,(H,17,18)/t13-/m1/s1. The molecule has 1 aliphatic rings. The maximum absolute atomic E-state index is 11.8. The first-order chi connectivity index (χ1) is 9.58. The van der Waals surface area contributed by atoms with Gasteiger partial charge in [-0.1, -0.05) is 33.9 Å². The molecule has 5 heteroatoms. The van der Waals surface area contributed by atoms with E-state index in [1.807, 2.05) is 0 Å². The summed E-state index contributed by atoms with van der Waals surface area (Å²) in [6.07, 6.45) is 2.14. The first-order valence-corrected chi connectivity index (χ1v) is 10.5. The molecular formula is C16H27NO3Si. The largest absolute Gasteiger partial charge is 0.467 e. The van der Waals surface area contributed by atoms with Crippen molar-refractivity contribution in [1.82, 2.24) is 5.32 Å². The Hall–Kier alpha value is -1.28. The molecule has 1 fully saturated rings. The molecule has 21 heavy (non-hydrogen) atoms. The molecule has 1 amide bonds. The molecule has 1 rings (SSSR count). The fourth-order valence-electron chi connectivity index (χ4n) is 1.53. The third kappa shape index (κ3) is 5.20. The van der Waals surface area contributed by atoms with Crippen molar-refractivity contribution in [2.75, 3.05) is 7.11 Å². The van der Waals surface area contributed by atoms with Crippen LogP contribution in [0.1, 0.15) is 40.0 Å². The number of carbonyl (C=O) groups is 2. The van der Waals surface area contributed by atoms with E-state index in [0.717, 1.165) is 12.8 Å². The van der Waals surface area contributed by atoms with Crippen molar-refractivity contribution < 1.29 is 14.3 Å². The smallest absolute Gasteiger partial charge is 0.329 e. The number of nitrogens with one attached hydrogen (secondary N) is 1. The lowest BCUT2D eigenvalue weighted by Gasteiger charge is -2.31. The van der Waals surface area contributed by atoms with Crippen LogP contribution in [0, 0.1) is 17.4 Å². The summed E-state index contributed by atoms with van der Waals surface area (Å²) in [4.78, 5) is 23.5. The van der Waals surface area contributed by atoms with Gasteiger partial charge >= 0.3 is 5.97 Å². The van der Waals surface area contributed by atoms with Gasteiger partial charge in [-0.05, 0) is 17.9 Å². The molecule has 1 atom stereocenters. The van der Waals surface area contributed by atoms with Gasteiger partial charge in [-0.2, -0.15) is 0 Å². The Morgan fingerprint density at radius 1 is 1.33 bits per heavy atom. The summed E-state index contributed by atoms with van der Waals surface area (Å²) < 4.78 is 4.75. The van der Waals surface area contributed by atoms with Crippen molar-refractivity contribution in [3.63, 3.8) is 0 Å². The highest BCUT2D eigenvalue weighted by molar-refractivity contribution is 6.87. The quantitative estimate of drug-likeness (QED) is 0.493. The molecular weight excluding hydrogens is 282 g/mol. The molecule has 0 unspecified atom stereocenters. The van der Waals surface area contributed by atoms with Crippen molar-refractivity contribution in [1.29, 1.82) is 0 Å². The van der Waals surface area contributed by atoms with Gasteiger partial charge in [-0.25, -0.2) is 4.79 Å². The van der Waals surface area contributed by atoms with Crippen LogP contribution in [0.5, 0.6) is 0 Å². The van der Waals surface area contributed by atoms with E-state index in [9.17, 15) is 9.59 Å². The van der Waals surface area contributed by atoms with Crippen molar-refractivity contribution in [3.8, 4) is 11.5 Å². The van der Waals surface area contributed by atoms with Crippen LogP contribution in [0.15, 0.2) is 0 Å². The third-order valence-electron chi connectivity index (χ3n) is 4.33. The summed E-state index contributed by atoms with van der Waals surface area (Å²) in [6.45, 7) is 11.0. The van der Waals surface area contributed by atoms with Crippen LogP contribution in [0.25, 0.3) is 0 Å². The van der Waals surface area contributed by atoms with Crippen molar-refractivity contribution >= 4 is 20.0 Å². The van der Waals surface area contributed by atoms with Crippen molar-refractivity contribution in [3.05, 3.63) is 0 Å². The summed E-state index contributed by atoms with van der Waals surface area (Å²) in [6, 6.07) is -0.652. The van der Waals surface area contributed by atoms with Crippen LogP contribution in [0.2, 0.25) is 18.1 Å². The predicted octanol–water partition coefficient (Wildman–Crippen LogP) is 2.50. The lowest BCUT2D eigenvalue weighted by molar-refractivity contribution is -0.145. The molecule has 1 saturated carbocycles. The highest BCUT2D eigenvalue weighted by Crippen LogP contribution is 2.35. The highest BCUT2D eigenvalue weighted by Gasteiger charge is 2.34. The van der Waals surface area contributed by atoms with Gasteiger partial charge in [0.25, 0.3) is 0 Å². The SMILES string of the molecule is COC(=O)[C@@H](CC#C[Si](C)(C)C(C)(C)C)NC(=O)C1CC1. The third-order valence-corrected chi connectivity index (χ3v) is 8.88. The average molecular weight is 309 g/mol. The van der Waals surface area contributed by atoms with Crippen LogP contribution in [0.3, 0.4) is 0 Å². The molecule has 0 saturated heterocycles. The van der Waals surface area contributed by atoms with Gasteiger partial charge in [0.1, 0.15) is 14.1 Å². The van der Waals surface area contributed by atoms with Crippen molar-refractivity contribution in [2.24, 2.45) is 5.92 Å². The number of esters is 1. The summed E-state index contributed by atoms with van der Waals surface area (Å²) >= 11 is 0. The van der Waals surface area contributed by atoms with Gasteiger partial charge in [0.15, 0.2) is 0 Å². The first-order valence-electron chi connectivity index (χ1n) is 7.46. The minimum atomic E-state index is -1.69. The lowest BCUT2D eigenvalue weighted by atomic mass is 10.2. The Labute approximate surface area is 129 Å². The molecule has 4 nitrogen and oxygen atoms in total. The zero-order valence-electron chi connectivity index (χ0n) is 14.0. The molecule has 0 aromatic heterocycles. The Morgan fingerprint density at radius 2 is 1.90 bits per heavy atom. The molecule has 0 aliphatic heterocycles. The van der Waals surface area contributed by atoms with Gasteiger partial charge < -0.3 is 10.1 Å². The lowest BCUT2D eigenvalue weighted by Crippen LogP contribution is -2.42. The summed E-state index contributed by atoms with van der Waals surface area (Å²) in [5.41, 5.74) is 3.36. The second kappa shape index (κ2) is 6.65. The topological polar surface area (TPSA) is 55.4 Å². The number of ether oxygens (including phenoxy) is 1. The number of methoxy groups -OCH3 is 1. The Bertz CT molecular complexity index is 464. The summed E-state index contributed by atoms with van der Waals surface area (Å²) in [5, 5.41) is 2.93. The summed E-state index contributed by atoms with van der Waals surface area (Å²) in [7, 11) is -0.359. The molecule has 118 valence electrons. The molecule has 0 aromatic rings. The second-order valence-corrected chi connectivity index (χ2v) is 12.2. The number of hydrogen-bond acceptors (Lipinski definition) is 3. The average Bonchev–Trinajstić information content (AvgIpc) is 3.19. The molecule has 0 heterocycles. The fraction of sp³-hybridized carbons (Fsp3) is 0.750. The van der Waals surface area contributed by atoms with Crippen LogP contribution in [-0.2, 0) is 14.3 Å². The van der Waals surface area contributed by atoms with Crippen LogP contribution in [0.4, 0.5) is 0 Å². The molecule has 0 radical (unpaired) electrons.